The number of likely N-dealkylation sites (tertiary alicyclic amines) is 1. The van der Waals surface area contributed by atoms with E-state index in [1.807, 2.05) is 6.07 Å². The lowest BCUT2D eigenvalue weighted by molar-refractivity contribution is 0.131. The van der Waals surface area contributed by atoms with Crippen LogP contribution < -0.4 is 5.73 Å². The molecule has 0 saturated carbocycles. The summed E-state index contributed by atoms with van der Waals surface area (Å²) in [5.41, 5.74) is 9.47. The third-order valence-electron chi connectivity index (χ3n) is 4.27. The summed E-state index contributed by atoms with van der Waals surface area (Å²) >= 11 is 0. The molecule has 0 aromatic heterocycles. The first kappa shape index (κ1) is 14.5. The largest absolute Gasteiger partial charge is 0.388 e. The van der Waals surface area contributed by atoms with Gasteiger partial charge in [0.05, 0.1) is 6.10 Å². The fourth-order valence-electron chi connectivity index (χ4n) is 2.62. The Kier molecular flexibility index (Phi) is 4.97. The van der Waals surface area contributed by atoms with E-state index in [1.165, 1.54) is 11.1 Å². The monoisotopic (exact) mass is 262 g/mol. The quantitative estimate of drug-likeness (QED) is 0.874. The molecule has 1 aromatic rings. The molecule has 1 saturated heterocycles. The number of benzene rings is 1. The molecule has 1 heterocycles. The van der Waals surface area contributed by atoms with Gasteiger partial charge in [0, 0.05) is 12.6 Å². The lowest BCUT2D eigenvalue weighted by Gasteiger charge is -2.30. The van der Waals surface area contributed by atoms with Crippen LogP contribution >= 0.6 is 0 Å². The Hall–Kier alpha value is -0.900. The number of aliphatic hydroxyl groups excluding tert-OH is 1. The van der Waals surface area contributed by atoms with Gasteiger partial charge in [-0.15, -0.1) is 0 Å². The van der Waals surface area contributed by atoms with E-state index in [0.29, 0.717) is 6.04 Å². The van der Waals surface area contributed by atoms with Crippen LogP contribution in [-0.2, 0) is 0 Å². The minimum absolute atomic E-state index is 0.352. The number of aliphatic hydroxyl groups is 1. The van der Waals surface area contributed by atoms with Crippen LogP contribution in [0.25, 0.3) is 0 Å². The molecule has 2 rings (SSSR count). The summed E-state index contributed by atoms with van der Waals surface area (Å²) in [7, 11) is 0. The molecule has 3 N–H and O–H groups in total. The molecule has 19 heavy (non-hydrogen) atoms. The van der Waals surface area contributed by atoms with Crippen molar-refractivity contribution in [2.24, 2.45) is 5.73 Å². The van der Waals surface area contributed by atoms with Crippen molar-refractivity contribution in [1.82, 2.24) is 4.90 Å². The number of hydrogen-bond acceptors (Lipinski definition) is 3. The molecular weight excluding hydrogens is 236 g/mol. The van der Waals surface area contributed by atoms with E-state index in [0.717, 1.165) is 44.5 Å². The highest BCUT2D eigenvalue weighted by Gasteiger charge is 2.17. The summed E-state index contributed by atoms with van der Waals surface area (Å²) in [6.45, 7) is 7.29. The van der Waals surface area contributed by atoms with Gasteiger partial charge in [-0.05, 0) is 62.9 Å². The Labute approximate surface area is 116 Å². The highest BCUT2D eigenvalue weighted by molar-refractivity contribution is 5.31. The molecule has 1 aromatic carbocycles. The highest BCUT2D eigenvalue weighted by Crippen LogP contribution is 2.20. The molecule has 0 aliphatic carbocycles. The standard InChI is InChI=1S/C16H26N2O/c1-12-3-4-14(11-13(12)2)16(19)7-10-18-8-5-15(17)6-9-18/h3-4,11,15-16,19H,5-10,17H2,1-2H3. The van der Waals surface area contributed by atoms with Gasteiger partial charge in [0.2, 0.25) is 0 Å². The number of nitrogens with zero attached hydrogens (tertiary/aromatic N) is 1. The lowest BCUT2D eigenvalue weighted by atomic mass is 10.00. The molecule has 0 bridgehead atoms. The van der Waals surface area contributed by atoms with E-state index < -0.39 is 0 Å². The van der Waals surface area contributed by atoms with Crippen LogP contribution in [0.15, 0.2) is 18.2 Å². The second kappa shape index (κ2) is 6.51. The summed E-state index contributed by atoms with van der Waals surface area (Å²) < 4.78 is 0. The van der Waals surface area contributed by atoms with Gasteiger partial charge in [0.25, 0.3) is 0 Å². The average Bonchev–Trinajstić information content (AvgIpc) is 2.41. The zero-order valence-electron chi connectivity index (χ0n) is 12.1. The fraction of sp³-hybridized carbons (Fsp3) is 0.625. The van der Waals surface area contributed by atoms with Gasteiger partial charge in [0.15, 0.2) is 0 Å². The fourth-order valence-corrected chi connectivity index (χ4v) is 2.62. The third kappa shape index (κ3) is 4.03. The van der Waals surface area contributed by atoms with Crippen molar-refractivity contribution < 1.29 is 5.11 Å². The first-order valence-electron chi connectivity index (χ1n) is 7.29. The second-order valence-corrected chi connectivity index (χ2v) is 5.83. The van der Waals surface area contributed by atoms with E-state index >= 15 is 0 Å². The zero-order chi connectivity index (χ0) is 13.8. The topological polar surface area (TPSA) is 49.5 Å². The van der Waals surface area contributed by atoms with Crippen molar-refractivity contribution in [3.05, 3.63) is 34.9 Å². The number of aryl methyl sites for hydroxylation is 2. The molecule has 0 amide bonds. The van der Waals surface area contributed by atoms with Crippen LogP contribution in [0.2, 0.25) is 0 Å². The van der Waals surface area contributed by atoms with Crippen LogP contribution in [0, 0.1) is 13.8 Å². The van der Waals surface area contributed by atoms with Crippen molar-refractivity contribution in [1.29, 1.82) is 0 Å². The summed E-state index contributed by atoms with van der Waals surface area (Å²) in [6.07, 6.45) is 2.62. The number of hydrogen-bond donors (Lipinski definition) is 2. The maximum absolute atomic E-state index is 10.3. The van der Waals surface area contributed by atoms with Gasteiger partial charge in [0.1, 0.15) is 0 Å². The number of nitrogens with two attached hydrogens (primary N) is 1. The van der Waals surface area contributed by atoms with Crippen molar-refractivity contribution in [3.8, 4) is 0 Å². The molecule has 1 aliphatic rings. The first-order chi connectivity index (χ1) is 9.06. The Morgan fingerprint density at radius 2 is 1.95 bits per heavy atom. The number of piperidine rings is 1. The van der Waals surface area contributed by atoms with Crippen LogP contribution in [0.5, 0.6) is 0 Å². The average molecular weight is 262 g/mol. The summed E-state index contributed by atoms with van der Waals surface area (Å²) in [6, 6.07) is 6.61. The maximum Gasteiger partial charge on any atom is 0.0802 e. The molecular formula is C16H26N2O. The van der Waals surface area contributed by atoms with Crippen molar-refractivity contribution in [2.75, 3.05) is 19.6 Å². The molecule has 0 radical (unpaired) electrons. The zero-order valence-corrected chi connectivity index (χ0v) is 12.1. The van der Waals surface area contributed by atoms with Crippen molar-refractivity contribution >= 4 is 0 Å². The lowest BCUT2D eigenvalue weighted by Crippen LogP contribution is -2.40. The minimum atomic E-state index is -0.352. The Balaban J connectivity index is 1.83. The van der Waals surface area contributed by atoms with E-state index in [-0.39, 0.29) is 6.10 Å². The normalized spacial score (nSPS) is 19.6. The molecule has 1 atom stereocenters. The summed E-state index contributed by atoms with van der Waals surface area (Å²) in [5.74, 6) is 0. The third-order valence-corrected chi connectivity index (χ3v) is 4.27. The van der Waals surface area contributed by atoms with Gasteiger partial charge in [-0.1, -0.05) is 18.2 Å². The van der Waals surface area contributed by atoms with Gasteiger partial charge >= 0.3 is 0 Å². The first-order valence-corrected chi connectivity index (χ1v) is 7.29. The number of rotatable bonds is 4. The predicted molar refractivity (Wildman–Crippen MR) is 79.1 cm³/mol. The molecule has 1 aliphatic heterocycles. The Bertz CT molecular complexity index is 411. The molecule has 1 unspecified atom stereocenters. The summed E-state index contributed by atoms with van der Waals surface area (Å²) in [5, 5.41) is 10.3. The SMILES string of the molecule is Cc1ccc(C(O)CCN2CCC(N)CC2)cc1C. The van der Waals surface area contributed by atoms with Crippen LogP contribution in [0.1, 0.15) is 42.1 Å². The van der Waals surface area contributed by atoms with E-state index in [1.54, 1.807) is 0 Å². The van der Waals surface area contributed by atoms with Gasteiger partial charge in [-0.3, -0.25) is 0 Å². The minimum Gasteiger partial charge on any atom is -0.388 e. The summed E-state index contributed by atoms with van der Waals surface area (Å²) in [4.78, 5) is 2.41. The van der Waals surface area contributed by atoms with Gasteiger partial charge in [-0.25, -0.2) is 0 Å². The maximum atomic E-state index is 10.3. The Morgan fingerprint density at radius 1 is 1.26 bits per heavy atom. The molecule has 0 spiro atoms. The predicted octanol–water partition coefficient (Wildman–Crippen LogP) is 2.15. The molecule has 1 fully saturated rings. The molecule has 3 nitrogen and oxygen atoms in total. The van der Waals surface area contributed by atoms with Crippen LogP contribution in [-0.4, -0.2) is 35.7 Å². The van der Waals surface area contributed by atoms with Gasteiger partial charge < -0.3 is 15.7 Å². The Morgan fingerprint density at radius 3 is 2.58 bits per heavy atom. The second-order valence-electron chi connectivity index (χ2n) is 5.83. The van der Waals surface area contributed by atoms with Crippen molar-refractivity contribution in [2.45, 2.75) is 45.3 Å². The van der Waals surface area contributed by atoms with Crippen LogP contribution in [0.4, 0.5) is 0 Å². The van der Waals surface area contributed by atoms with E-state index in [9.17, 15) is 5.11 Å². The molecule has 3 heteroatoms. The van der Waals surface area contributed by atoms with Gasteiger partial charge in [-0.2, -0.15) is 0 Å². The van der Waals surface area contributed by atoms with Crippen LogP contribution in [0.3, 0.4) is 0 Å². The van der Waals surface area contributed by atoms with E-state index in [2.05, 4.69) is 30.9 Å². The van der Waals surface area contributed by atoms with E-state index in [4.69, 9.17) is 5.73 Å². The smallest absolute Gasteiger partial charge is 0.0802 e. The van der Waals surface area contributed by atoms with Crippen molar-refractivity contribution in [3.63, 3.8) is 0 Å². The molecule has 106 valence electrons. The highest BCUT2D eigenvalue weighted by atomic mass is 16.3.